The summed E-state index contributed by atoms with van der Waals surface area (Å²) in [5.41, 5.74) is 7.37. The van der Waals surface area contributed by atoms with Gasteiger partial charge in [0, 0.05) is 42.3 Å². The van der Waals surface area contributed by atoms with Crippen molar-refractivity contribution in [3.63, 3.8) is 0 Å². The number of hydrogen-bond donors (Lipinski definition) is 0. The van der Waals surface area contributed by atoms with Gasteiger partial charge in [-0.3, -0.25) is 0 Å². The average Bonchev–Trinajstić information content (AvgIpc) is 3.71. The first-order valence-corrected chi connectivity index (χ1v) is 16.7. The molecule has 0 aliphatic heterocycles. The van der Waals surface area contributed by atoms with Gasteiger partial charge in [0.05, 0.1) is 5.69 Å². The zero-order chi connectivity index (χ0) is 30.9. The second-order valence-electron chi connectivity index (χ2n) is 12.1. The van der Waals surface area contributed by atoms with E-state index in [0.717, 1.165) is 33.6 Å². The van der Waals surface area contributed by atoms with Crippen molar-refractivity contribution in [1.82, 2.24) is 0 Å². The van der Waals surface area contributed by atoms with E-state index in [1.54, 1.807) is 0 Å². The molecule has 2 nitrogen and oxygen atoms in total. The van der Waals surface area contributed by atoms with Gasteiger partial charge in [0.15, 0.2) is 5.58 Å². The lowest BCUT2D eigenvalue weighted by atomic mass is 10.0. The average molecular weight is 618 g/mol. The van der Waals surface area contributed by atoms with Crippen molar-refractivity contribution < 1.29 is 4.42 Å². The van der Waals surface area contributed by atoms with E-state index in [-0.39, 0.29) is 0 Å². The molecule has 0 saturated carbocycles. The predicted octanol–water partition coefficient (Wildman–Crippen LogP) is 13.4. The molecule has 2 aromatic heterocycles. The number of furan rings is 1. The van der Waals surface area contributed by atoms with E-state index in [1.807, 2.05) is 11.3 Å². The van der Waals surface area contributed by atoms with Crippen LogP contribution in [-0.2, 0) is 0 Å². The Labute approximate surface area is 275 Å². The van der Waals surface area contributed by atoms with E-state index in [0.29, 0.717) is 0 Å². The summed E-state index contributed by atoms with van der Waals surface area (Å²) in [6, 6.07) is 58.8. The van der Waals surface area contributed by atoms with Crippen LogP contribution in [-0.4, -0.2) is 0 Å². The first kappa shape index (κ1) is 26.3. The molecule has 0 bridgehead atoms. The van der Waals surface area contributed by atoms with Crippen molar-refractivity contribution in [2.24, 2.45) is 0 Å². The molecule has 10 rings (SSSR count). The number of rotatable bonds is 4. The van der Waals surface area contributed by atoms with Crippen LogP contribution in [0.1, 0.15) is 0 Å². The van der Waals surface area contributed by atoms with Crippen LogP contribution in [0, 0.1) is 0 Å². The number of thiophene rings is 1. The fourth-order valence-corrected chi connectivity index (χ4v) is 8.49. The fraction of sp³-hybridized carbons (Fsp3) is 0. The van der Waals surface area contributed by atoms with Crippen LogP contribution in [0.2, 0.25) is 0 Å². The normalized spacial score (nSPS) is 11.8. The van der Waals surface area contributed by atoms with Gasteiger partial charge in [-0.1, -0.05) is 109 Å². The van der Waals surface area contributed by atoms with Crippen LogP contribution in [0.5, 0.6) is 0 Å². The summed E-state index contributed by atoms with van der Waals surface area (Å²) in [4.78, 5) is 2.31. The summed E-state index contributed by atoms with van der Waals surface area (Å²) in [6.07, 6.45) is 0. The van der Waals surface area contributed by atoms with Crippen molar-refractivity contribution in [3.05, 3.63) is 164 Å². The largest absolute Gasteiger partial charge is 0.454 e. The van der Waals surface area contributed by atoms with Crippen LogP contribution in [0.15, 0.2) is 168 Å². The van der Waals surface area contributed by atoms with E-state index >= 15 is 0 Å². The molecule has 10 aromatic rings. The topological polar surface area (TPSA) is 16.4 Å². The molecule has 0 aliphatic carbocycles. The lowest BCUT2D eigenvalue weighted by molar-refractivity contribution is 0.669. The Morgan fingerprint density at radius 1 is 0.447 bits per heavy atom. The maximum absolute atomic E-state index is 6.80. The zero-order valence-electron chi connectivity index (χ0n) is 25.4. The number of benzene rings is 8. The van der Waals surface area contributed by atoms with E-state index < -0.39 is 0 Å². The van der Waals surface area contributed by atoms with Gasteiger partial charge < -0.3 is 9.32 Å². The minimum Gasteiger partial charge on any atom is -0.454 e. The highest BCUT2D eigenvalue weighted by Gasteiger charge is 2.21. The smallest absolute Gasteiger partial charge is 0.159 e. The highest BCUT2D eigenvalue weighted by Crippen LogP contribution is 2.47. The number of para-hydroxylation sites is 2. The number of hydrogen-bond acceptors (Lipinski definition) is 3. The molecule has 0 saturated heterocycles. The fourth-order valence-electron chi connectivity index (χ4n) is 7.22. The Morgan fingerprint density at radius 3 is 2.02 bits per heavy atom. The first-order valence-electron chi connectivity index (χ1n) is 15.9. The third-order valence-electron chi connectivity index (χ3n) is 9.43. The number of anilines is 3. The molecule has 0 aliphatic rings. The molecule has 47 heavy (non-hydrogen) atoms. The molecule has 220 valence electrons. The Morgan fingerprint density at radius 2 is 1.15 bits per heavy atom. The van der Waals surface area contributed by atoms with Gasteiger partial charge in [0.25, 0.3) is 0 Å². The van der Waals surface area contributed by atoms with Gasteiger partial charge in [0.2, 0.25) is 0 Å². The van der Waals surface area contributed by atoms with E-state index in [9.17, 15) is 0 Å². The Bertz CT molecular complexity index is 2790. The van der Waals surface area contributed by atoms with Crippen LogP contribution in [0.4, 0.5) is 17.1 Å². The molecule has 0 atom stereocenters. The van der Waals surface area contributed by atoms with E-state index in [1.165, 1.54) is 58.2 Å². The van der Waals surface area contributed by atoms with Crippen molar-refractivity contribution in [3.8, 4) is 11.1 Å². The third kappa shape index (κ3) is 4.10. The molecule has 0 radical (unpaired) electrons. The van der Waals surface area contributed by atoms with Gasteiger partial charge in [-0.25, -0.2) is 0 Å². The molecule has 0 unspecified atom stereocenters. The molecule has 0 spiro atoms. The van der Waals surface area contributed by atoms with Crippen molar-refractivity contribution in [2.45, 2.75) is 0 Å². The molecular formula is C44H27NOS. The lowest BCUT2D eigenvalue weighted by Crippen LogP contribution is -2.10. The molecule has 8 aromatic carbocycles. The minimum atomic E-state index is 0.889. The van der Waals surface area contributed by atoms with Crippen molar-refractivity contribution >= 4 is 92.1 Å². The van der Waals surface area contributed by atoms with Gasteiger partial charge in [-0.2, -0.15) is 0 Å². The minimum absolute atomic E-state index is 0.889. The molecule has 0 N–H and O–H groups in total. The summed E-state index contributed by atoms with van der Waals surface area (Å²) in [5.74, 6) is 0. The maximum atomic E-state index is 6.80. The second-order valence-corrected chi connectivity index (χ2v) is 13.2. The molecule has 0 fully saturated rings. The van der Waals surface area contributed by atoms with Crippen molar-refractivity contribution in [1.29, 1.82) is 0 Å². The van der Waals surface area contributed by atoms with Crippen LogP contribution >= 0.6 is 11.3 Å². The second kappa shape index (κ2) is 10.3. The molecular weight excluding hydrogens is 591 g/mol. The van der Waals surface area contributed by atoms with Gasteiger partial charge >= 0.3 is 0 Å². The quantitative estimate of drug-likeness (QED) is 0.195. The van der Waals surface area contributed by atoms with Crippen molar-refractivity contribution in [2.75, 3.05) is 4.90 Å². The summed E-state index contributed by atoms with van der Waals surface area (Å²) in [6.45, 7) is 0. The summed E-state index contributed by atoms with van der Waals surface area (Å²) < 4.78 is 9.37. The van der Waals surface area contributed by atoms with Crippen LogP contribution < -0.4 is 4.90 Å². The maximum Gasteiger partial charge on any atom is 0.159 e. The Kier molecular flexibility index (Phi) is 5.78. The number of nitrogens with zero attached hydrogens (tertiary/aromatic N) is 1. The summed E-state index contributed by atoms with van der Waals surface area (Å²) in [7, 11) is 0. The van der Waals surface area contributed by atoms with Gasteiger partial charge in [-0.05, 0) is 87.3 Å². The highest BCUT2D eigenvalue weighted by atomic mass is 32.1. The van der Waals surface area contributed by atoms with Crippen LogP contribution in [0.25, 0.3) is 74.8 Å². The number of fused-ring (bicyclic) bond motifs is 10. The predicted molar refractivity (Wildman–Crippen MR) is 202 cm³/mol. The van der Waals surface area contributed by atoms with E-state index in [2.05, 4.69) is 169 Å². The lowest BCUT2D eigenvalue weighted by Gasteiger charge is -2.25. The van der Waals surface area contributed by atoms with Gasteiger partial charge in [0.1, 0.15) is 5.58 Å². The van der Waals surface area contributed by atoms with Crippen LogP contribution in [0.3, 0.4) is 0 Å². The summed E-state index contributed by atoms with van der Waals surface area (Å²) >= 11 is 1.86. The third-order valence-corrected chi connectivity index (χ3v) is 10.6. The molecule has 2 heterocycles. The SMILES string of the molecule is c1ccc(N(c2ccc(-c3ccc4ccccc4c3)cc2)c2cccc3c2oc2ccc4c(sc5ccc6ccccc6c54)c23)cc1. The Hall–Kier alpha value is -5.90. The summed E-state index contributed by atoms with van der Waals surface area (Å²) in [5, 5.41) is 9.99. The molecule has 0 amide bonds. The first-order chi connectivity index (χ1) is 23.3. The standard InChI is InChI=1S/C44H27NOS/c1-2-12-33(13-3-1)45(34-22-19-29(20-23-34)32-18-17-28-9-4-5-11-31(28)27-32)38-16-8-15-36-42-39(46-43(36)38)25-24-37-41-35-14-7-6-10-30(35)21-26-40(41)47-44(37)42/h1-27H. The molecule has 3 heteroatoms. The van der Waals surface area contributed by atoms with E-state index in [4.69, 9.17) is 4.42 Å². The Balaban J connectivity index is 1.16. The van der Waals surface area contributed by atoms with Gasteiger partial charge in [-0.15, -0.1) is 11.3 Å². The zero-order valence-corrected chi connectivity index (χ0v) is 26.2. The monoisotopic (exact) mass is 617 g/mol. The highest BCUT2D eigenvalue weighted by molar-refractivity contribution is 7.27.